The van der Waals surface area contributed by atoms with Crippen molar-refractivity contribution in [3.63, 3.8) is 0 Å². The third-order valence-corrected chi connectivity index (χ3v) is 3.13. The number of amides is 2. The fourth-order valence-electron chi connectivity index (χ4n) is 1.95. The van der Waals surface area contributed by atoms with Crippen LogP contribution in [-0.4, -0.2) is 31.4 Å². The molecule has 0 aliphatic rings. The molecule has 0 rings (SSSR count). The fraction of sp³-hybridized carbons (Fsp3) is 0.857. The van der Waals surface area contributed by atoms with Crippen molar-refractivity contribution in [3.8, 4) is 0 Å². The molecule has 2 amide bonds. The number of likely N-dealkylation sites (N-methyl/N-ethyl adjacent to an activating group) is 1. The smallest absolute Gasteiger partial charge is 0.242 e. The summed E-state index contributed by atoms with van der Waals surface area (Å²) in [6.45, 7) is 6.80. The molecule has 0 radical (unpaired) electrons. The van der Waals surface area contributed by atoms with Gasteiger partial charge >= 0.3 is 0 Å². The summed E-state index contributed by atoms with van der Waals surface area (Å²) in [5, 5.41) is 5.41. The molecule has 0 aromatic heterocycles. The first kappa shape index (κ1) is 17.9. The standard InChI is InChI=1S/C14H29N3O2/c1-10(2)9-12(14(19)16-4)17-13(18)6-5-11(3)7-8-15/h10-12H,5-9,15H2,1-4H3,(H,16,19)(H,17,18). The van der Waals surface area contributed by atoms with E-state index < -0.39 is 6.04 Å². The third kappa shape index (κ3) is 8.59. The summed E-state index contributed by atoms with van der Waals surface area (Å²) in [7, 11) is 1.59. The van der Waals surface area contributed by atoms with Crippen molar-refractivity contribution in [3.05, 3.63) is 0 Å². The van der Waals surface area contributed by atoms with E-state index in [2.05, 4.69) is 17.6 Å². The highest BCUT2D eigenvalue weighted by Gasteiger charge is 2.20. The van der Waals surface area contributed by atoms with Crippen LogP contribution in [0.15, 0.2) is 0 Å². The highest BCUT2D eigenvalue weighted by Crippen LogP contribution is 2.10. The highest BCUT2D eigenvalue weighted by molar-refractivity contribution is 5.87. The van der Waals surface area contributed by atoms with Crippen molar-refractivity contribution in [2.24, 2.45) is 17.6 Å². The van der Waals surface area contributed by atoms with Crippen LogP contribution in [0.1, 0.15) is 46.5 Å². The molecule has 112 valence electrons. The van der Waals surface area contributed by atoms with Crippen molar-refractivity contribution in [2.45, 2.75) is 52.5 Å². The van der Waals surface area contributed by atoms with E-state index in [1.807, 2.05) is 13.8 Å². The molecule has 19 heavy (non-hydrogen) atoms. The van der Waals surface area contributed by atoms with E-state index in [0.29, 0.717) is 31.2 Å². The molecule has 2 unspecified atom stereocenters. The van der Waals surface area contributed by atoms with Crippen LogP contribution in [0.25, 0.3) is 0 Å². The maximum absolute atomic E-state index is 11.8. The lowest BCUT2D eigenvalue weighted by Crippen LogP contribution is -2.46. The lowest BCUT2D eigenvalue weighted by molar-refractivity contribution is -0.129. The Balaban J connectivity index is 4.19. The van der Waals surface area contributed by atoms with Gasteiger partial charge in [0, 0.05) is 13.5 Å². The van der Waals surface area contributed by atoms with Gasteiger partial charge in [0.1, 0.15) is 6.04 Å². The molecule has 5 heteroatoms. The van der Waals surface area contributed by atoms with Crippen LogP contribution in [0.3, 0.4) is 0 Å². The van der Waals surface area contributed by atoms with Gasteiger partial charge in [-0.3, -0.25) is 9.59 Å². The average molecular weight is 271 g/mol. The lowest BCUT2D eigenvalue weighted by atomic mass is 10.0. The van der Waals surface area contributed by atoms with Crippen LogP contribution in [0.4, 0.5) is 0 Å². The molecule has 0 aromatic rings. The van der Waals surface area contributed by atoms with Crippen LogP contribution in [-0.2, 0) is 9.59 Å². The van der Waals surface area contributed by atoms with E-state index in [9.17, 15) is 9.59 Å². The Morgan fingerprint density at radius 2 is 1.79 bits per heavy atom. The Hall–Kier alpha value is -1.10. The van der Waals surface area contributed by atoms with Gasteiger partial charge in [-0.05, 0) is 37.6 Å². The lowest BCUT2D eigenvalue weighted by Gasteiger charge is -2.19. The van der Waals surface area contributed by atoms with Crippen molar-refractivity contribution < 1.29 is 9.59 Å². The van der Waals surface area contributed by atoms with Crippen molar-refractivity contribution in [1.29, 1.82) is 0 Å². The maximum Gasteiger partial charge on any atom is 0.242 e. The van der Waals surface area contributed by atoms with E-state index in [4.69, 9.17) is 5.73 Å². The van der Waals surface area contributed by atoms with E-state index in [0.717, 1.165) is 12.8 Å². The molecule has 0 aliphatic carbocycles. The fourth-order valence-corrected chi connectivity index (χ4v) is 1.95. The Kier molecular flexibility index (Phi) is 9.21. The highest BCUT2D eigenvalue weighted by atomic mass is 16.2. The van der Waals surface area contributed by atoms with Gasteiger partial charge < -0.3 is 16.4 Å². The number of rotatable bonds is 9. The SMILES string of the molecule is CNC(=O)C(CC(C)C)NC(=O)CCC(C)CCN. The zero-order chi connectivity index (χ0) is 14.8. The second-order valence-corrected chi connectivity index (χ2v) is 5.59. The Labute approximate surface area is 116 Å². The van der Waals surface area contributed by atoms with Crippen molar-refractivity contribution in [2.75, 3.05) is 13.6 Å². The van der Waals surface area contributed by atoms with Gasteiger partial charge in [-0.25, -0.2) is 0 Å². The number of hydrogen-bond donors (Lipinski definition) is 3. The topological polar surface area (TPSA) is 84.2 Å². The predicted molar refractivity (Wildman–Crippen MR) is 77.5 cm³/mol. The van der Waals surface area contributed by atoms with E-state index in [-0.39, 0.29) is 11.8 Å². The summed E-state index contributed by atoms with van der Waals surface area (Å²) in [6.07, 6.45) is 2.85. The first-order valence-electron chi connectivity index (χ1n) is 7.11. The molecule has 0 saturated carbocycles. The summed E-state index contributed by atoms with van der Waals surface area (Å²) in [5.41, 5.74) is 5.48. The van der Waals surface area contributed by atoms with Crippen LogP contribution in [0.2, 0.25) is 0 Å². The number of carbonyl (C=O) groups is 2. The summed E-state index contributed by atoms with van der Waals surface area (Å²) in [4.78, 5) is 23.5. The number of nitrogens with one attached hydrogen (secondary N) is 2. The van der Waals surface area contributed by atoms with Crippen LogP contribution in [0.5, 0.6) is 0 Å². The second-order valence-electron chi connectivity index (χ2n) is 5.59. The van der Waals surface area contributed by atoms with Gasteiger partial charge in [0.15, 0.2) is 0 Å². The van der Waals surface area contributed by atoms with E-state index in [1.165, 1.54) is 0 Å². The third-order valence-electron chi connectivity index (χ3n) is 3.13. The van der Waals surface area contributed by atoms with Gasteiger partial charge in [0.05, 0.1) is 0 Å². The predicted octanol–water partition coefficient (Wildman–Crippen LogP) is 1.03. The molecular formula is C14H29N3O2. The molecule has 0 fully saturated rings. The van der Waals surface area contributed by atoms with E-state index in [1.54, 1.807) is 7.05 Å². The minimum Gasteiger partial charge on any atom is -0.357 e. The van der Waals surface area contributed by atoms with Crippen LogP contribution >= 0.6 is 0 Å². The molecule has 2 atom stereocenters. The molecule has 0 aromatic carbocycles. The number of carbonyl (C=O) groups excluding carboxylic acids is 2. The molecule has 0 bridgehead atoms. The molecular weight excluding hydrogens is 242 g/mol. The Morgan fingerprint density at radius 3 is 2.26 bits per heavy atom. The van der Waals surface area contributed by atoms with E-state index >= 15 is 0 Å². The summed E-state index contributed by atoms with van der Waals surface area (Å²) in [5.74, 6) is 0.619. The molecule has 0 aliphatic heterocycles. The first-order chi connectivity index (χ1) is 8.90. The van der Waals surface area contributed by atoms with Gasteiger partial charge in [-0.1, -0.05) is 20.8 Å². The zero-order valence-electron chi connectivity index (χ0n) is 12.7. The molecule has 0 heterocycles. The average Bonchev–Trinajstić information content (AvgIpc) is 2.34. The largest absolute Gasteiger partial charge is 0.357 e. The number of nitrogens with two attached hydrogens (primary N) is 1. The summed E-state index contributed by atoms with van der Waals surface area (Å²) >= 11 is 0. The Morgan fingerprint density at radius 1 is 1.16 bits per heavy atom. The van der Waals surface area contributed by atoms with Crippen molar-refractivity contribution >= 4 is 11.8 Å². The van der Waals surface area contributed by atoms with Gasteiger partial charge in [0.25, 0.3) is 0 Å². The van der Waals surface area contributed by atoms with Crippen LogP contribution in [0, 0.1) is 11.8 Å². The monoisotopic (exact) mass is 271 g/mol. The zero-order valence-corrected chi connectivity index (χ0v) is 12.7. The first-order valence-corrected chi connectivity index (χ1v) is 7.11. The second kappa shape index (κ2) is 9.78. The minimum absolute atomic E-state index is 0.0573. The molecule has 0 spiro atoms. The van der Waals surface area contributed by atoms with Crippen molar-refractivity contribution in [1.82, 2.24) is 10.6 Å². The molecule has 4 N–H and O–H groups in total. The van der Waals surface area contributed by atoms with Gasteiger partial charge in [-0.2, -0.15) is 0 Å². The van der Waals surface area contributed by atoms with Gasteiger partial charge in [0.2, 0.25) is 11.8 Å². The summed E-state index contributed by atoms with van der Waals surface area (Å²) < 4.78 is 0. The van der Waals surface area contributed by atoms with Gasteiger partial charge in [-0.15, -0.1) is 0 Å². The number of hydrogen-bond acceptors (Lipinski definition) is 3. The Bertz CT molecular complexity index is 280. The maximum atomic E-state index is 11.8. The normalized spacial score (nSPS) is 14.0. The molecule has 5 nitrogen and oxygen atoms in total. The summed E-state index contributed by atoms with van der Waals surface area (Å²) in [6, 6.07) is -0.428. The minimum atomic E-state index is -0.428. The molecule has 0 saturated heterocycles. The van der Waals surface area contributed by atoms with Crippen LogP contribution < -0.4 is 16.4 Å². The quantitative estimate of drug-likeness (QED) is 0.585.